The lowest BCUT2D eigenvalue weighted by atomic mass is 10.2. The number of hydrogen-bond acceptors (Lipinski definition) is 3. The first-order chi connectivity index (χ1) is 9.31. The Hall–Kier alpha value is -2.37. The van der Waals surface area contributed by atoms with Crippen LogP contribution in [-0.2, 0) is 6.54 Å². The van der Waals surface area contributed by atoms with Gasteiger partial charge in [-0.3, -0.25) is 4.57 Å². The molecule has 0 spiro atoms. The molecular formula is C13H16N6. The molecule has 0 amide bonds. The van der Waals surface area contributed by atoms with Crippen LogP contribution in [0.4, 0.5) is 0 Å². The molecule has 0 bridgehead atoms. The zero-order chi connectivity index (χ0) is 13.1. The van der Waals surface area contributed by atoms with Gasteiger partial charge in [-0.1, -0.05) is 0 Å². The summed E-state index contributed by atoms with van der Waals surface area (Å²) in [6, 6.07) is 4.45. The van der Waals surface area contributed by atoms with E-state index in [-0.39, 0.29) is 0 Å². The summed E-state index contributed by atoms with van der Waals surface area (Å²) in [5.74, 6) is 1.35. The molecule has 2 aromatic rings. The van der Waals surface area contributed by atoms with Gasteiger partial charge in [0.2, 0.25) is 0 Å². The van der Waals surface area contributed by atoms with Gasteiger partial charge in [-0.25, -0.2) is 15.0 Å². The van der Waals surface area contributed by atoms with E-state index in [0.717, 1.165) is 11.4 Å². The number of guanidine groups is 1. The van der Waals surface area contributed by atoms with Crippen molar-refractivity contribution in [1.82, 2.24) is 19.9 Å². The first kappa shape index (κ1) is 11.7. The predicted molar refractivity (Wildman–Crippen MR) is 72.8 cm³/mol. The first-order valence-electron chi connectivity index (χ1n) is 6.31. The highest BCUT2D eigenvalue weighted by molar-refractivity contribution is 5.78. The van der Waals surface area contributed by atoms with Crippen molar-refractivity contribution >= 4 is 5.96 Å². The summed E-state index contributed by atoms with van der Waals surface area (Å²) in [7, 11) is 0. The summed E-state index contributed by atoms with van der Waals surface area (Å²) >= 11 is 0. The van der Waals surface area contributed by atoms with Crippen LogP contribution in [0.2, 0.25) is 0 Å². The largest absolute Gasteiger partial charge is 0.370 e. The van der Waals surface area contributed by atoms with Gasteiger partial charge in [-0.2, -0.15) is 0 Å². The molecule has 0 aromatic carbocycles. The number of nitrogens with two attached hydrogens (primary N) is 1. The van der Waals surface area contributed by atoms with Gasteiger partial charge >= 0.3 is 0 Å². The highest BCUT2D eigenvalue weighted by Crippen LogP contribution is 2.18. The summed E-state index contributed by atoms with van der Waals surface area (Å²) in [5.41, 5.74) is 6.87. The zero-order valence-corrected chi connectivity index (χ0v) is 10.5. The minimum atomic E-state index is 0.517. The molecule has 3 rings (SSSR count). The fourth-order valence-corrected chi connectivity index (χ4v) is 1.75. The van der Waals surface area contributed by atoms with Crippen LogP contribution in [0.1, 0.15) is 18.4 Å². The first-order valence-corrected chi connectivity index (χ1v) is 6.31. The van der Waals surface area contributed by atoms with E-state index in [1.54, 1.807) is 18.7 Å². The number of nitrogens with one attached hydrogen (secondary N) is 1. The van der Waals surface area contributed by atoms with Crippen LogP contribution >= 0.6 is 0 Å². The van der Waals surface area contributed by atoms with Gasteiger partial charge in [0.05, 0.1) is 6.54 Å². The molecule has 98 valence electrons. The Morgan fingerprint density at radius 2 is 2.37 bits per heavy atom. The molecule has 1 fully saturated rings. The average molecular weight is 256 g/mol. The monoisotopic (exact) mass is 256 g/mol. The standard InChI is InChI=1S/C13H16N6/c14-13(18-11-1-2-11)17-8-10-3-4-16-12(7-10)19-6-5-15-9-19/h3-7,9,11H,1-2,8H2,(H3,14,17,18). The fraction of sp³-hybridized carbons (Fsp3) is 0.308. The summed E-state index contributed by atoms with van der Waals surface area (Å²) in [6.45, 7) is 0.551. The maximum atomic E-state index is 5.80. The SMILES string of the molecule is NC(=NCc1ccnc(-n2ccnc2)c1)NC1CC1. The maximum Gasteiger partial charge on any atom is 0.189 e. The molecule has 0 radical (unpaired) electrons. The maximum absolute atomic E-state index is 5.80. The van der Waals surface area contributed by atoms with E-state index >= 15 is 0 Å². The van der Waals surface area contributed by atoms with Crippen molar-refractivity contribution in [2.75, 3.05) is 0 Å². The van der Waals surface area contributed by atoms with Crippen LogP contribution in [-0.4, -0.2) is 26.5 Å². The van der Waals surface area contributed by atoms with E-state index < -0.39 is 0 Å². The molecule has 0 atom stereocenters. The van der Waals surface area contributed by atoms with Gasteiger partial charge in [-0.05, 0) is 30.5 Å². The van der Waals surface area contributed by atoms with Gasteiger partial charge < -0.3 is 11.1 Å². The second-order valence-electron chi connectivity index (χ2n) is 4.61. The van der Waals surface area contributed by atoms with E-state index in [2.05, 4.69) is 20.3 Å². The van der Waals surface area contributed by atoms with Gasteiger partial charge in [0, 0.05) is 24.6 Å². The number of rotatable bonds is 4. The Morgan fingerprint density at radius 1 is 1.47 bits per heavy atom. The Labute approximate surface area is 111 Å². The van der Waals surface area contributed by atoms with E-state index in [9.17, 15) is 0 Å². The van der Waals surface area contributed by atoms with Crippen LogP contribution < -0.4 is 11.1 Å². The van der Waals surface area contributed by atoms with Gasteiger partial charge in [0.15, 0.2) is 5.96 Å². The third kappa shape index (κ3) is 3.09. The third-order valence-electron chi connectivity index (χ3n) is 2.94. The van der Waals surface area contributed by atoms with Crippen molar-refractivity contribution in [2.45, 2.75) is 25.4 Å². The van der Waals surface area contributed by atoms with Crippen LogP contribution in [0.15, 0.2) is 42.0 Å². The number of hydrogen-bond donors (Lipinski definition) is 2. The van der Waals surface area contributed by atoms with Gasteiger partial charge in [0.25, 0.3) is 0 Å². The van der Waals surface area contributed by atoms with Crippen molar-refractivity contribution in [3.63, 3.8) is 0 Å². The van der Waals surface area contributed by atoms with E-state index in [4.69, 9.17) is 5.73 Å². The molecule has 0 saturated heterocycles. The lowest BCUT2D eigenvalue weighted by Crippen LogP contribution is -2.33. The molecule has 2 aromatic heterocycles. The van der Waals surface area contributed by atoms with Crippen molar-refractivity contribution in [3.8, 4) is 5.82 Å². The molecule has 1 saturated carbocycles. The fourth-order valence-electron chi connectivity index (χ4n) is 1.75. The Morgan fingerprint density at radius 3 is 3.11 bits per heavy atom. The summed E-state index contributed by atoms with van der Waals surface area (Å²) in [5, 5.41) is 3.16. The van der Waals surface area contributed by atoms with Crippen LogP contribution in [0.5, 0.6) is 0 Å². The Balaban J connectivity index is 1.69. The van der Waals surface area contributed by atoms with Crippen molar-refractivity contribution in [2.24, 2.45) is 10.7 Å². The smallest absolute Gasteiger partial charge is 0.189 e. The predicted octanol–water partition coefficient (Wildman–Crippen LogP) is 0.834. The van der Waals surface area contributed by atoms with Crippen LogP contribution in [0.25, 0.3) is 5.82 Å². The molecule has 0 unspecified atom stereocenters. The molecule has 6 heteroatoms. The zero-order valence-electron chi connectivity index (χ0n) is 10.5. The molecule has 19 heavy (non-hydrogen) atoms. The molecule has 2 heterocycles. The van der Waals surface area contributed by atoms with Crippen LogP contribution in [0, 0.1) is 0 Å². The quantitative estimate of drug-likeness (QED) is 0.627. The van der Waals surface area contributed by atoms with Crippen molar-refractivity contribution in [3.05, 3.63) is 42.6 Å². The lowest BCUT2D eigenvalue weighted by molar-refractivity contribution is 0.877. The van der Waals surface area contributed by atoms with Crippen molar-refractivity contribution in [1.29, 1.82) is 0 Å². The van der Waals surface area contributed by atoms with Crippen LogP contribution in [0.3, 0.4) is 0 Å². The third-order valence-corrected chi connectivity index (χ3v) is 2.94. The van der Waals surface area contributed by atoms with Gasteiger partial charge in [0.1, 0.15) is 12.1 Å². The van der Waals surface area contributed by atoms with E-state index in [1.165, 1.54) is 12.8 Å². The molecule has 1 aliphatic rings. The highest BCUT2D eigenvalue weighted by Gasteiger charge is 2.21. The van der Waals surface area contributed by atoms with E-state index in [1.807, 2.05) is 22.9 Å². The summed E-state index contributed by atoms with van der Waals surface area (Å²) < 4.78 is 1.86. The number of pyridine rings is 1. The minimum absolute atomic E-state index is 0.517. The molecule has 6 nitrogen and oxygen atoms in total. The Bertz CT molecular complexity index is 571. The minimum Gasteiger partial charge on any atom is -0.370 e. The van der Waals surface area contributed by atoms with Crippen molar-refractivity contribution < 1.29 is 0 Å². The Kier molecular flexibility index (Phi) is 3.14. The summed E-state index contributed by atoms with van der Waals surface area (Å²) in [6.07, 6.45) is 9.46. The second kappa shape index (κ2) is 5.09. The number of aromatic nitrogens is 3. The molecule has 3 N–H and O–H groups in total. The average Bonchev–Trinajstić information content (AvgIpc) is 3.07. The molecular weight excluding hydrogens is 240 g/mol. The van der Waals surface area contributed by atoms with Gasteiger partial charge in [-0.15, -0.1) is 0 Å². The van der Waals surface area contributed by atoms with E-state index in [0.29, 0.717) is 18.5 Å². The second-order valence-corrected chi connectivity index (χ2v) is 4.61. The topological polar surface area (TPSA) is 81.1 Å². The normalized spacial score (nSPS) is 15.5. The number of aliphatic imine (C=N–C) groups is 1. The summed E-state index contributed by atoms with van der Waals surface area (Å²) in [4.78, 5) is 12.6. The lowest BCUT2D eigenvalue weighted by Gasteiger charge is -2.05. The number of imidazole rings is 1. The number of nitrogens with zero attached hydrogens (tertiary/aromatic N) is 4. The highest BCUT2D eigenvalue weighted by atomic mass is 15.1. The molecule has 1 aliphatic carbocycles. The molecule has 0 aliphatic heterocycles.